The number of carbonyl (C=O) groups excluding carboxylic acids is 1. The van der Waals surface area contributed by atoms with E-state index in [4.69, 9.17) is 4.74 Å². The Hall–Kier alpha value is -2.58. The number of thioether (sulfide) groups is 1. The summed E-state index contributed by atoms with van der Waals surface area (Å²) in [6, 6.07) is 18.0. The number of hydrogen-bond donors (Lipinski definition) is 2. The molecule has 0 bridgehead atoms. The van der Waals surface area contributed by atoms with E-state index in [0.717, 1.165) is 16.2 Å². The highest BCUT2D eigenvalue weighted by molar-refractivity contribution is 9.10. The van der Waals surface area contributed by atoms with Gasteiger partial charge < -0.3 is 15.0 Å². The van der Waals surface area contributed by atoms with Crippen LogP contribution in [-0.4, -0.2) is 21.6 Å². The number of nitrogens with one attached hydrogen (secondary N) is 2. The van der Waals surface area contributed by atoms with Gasteiger partial charge in [-0.2, -0.15) is 0 Å². The molecule has 138 valence electrons. The first-order chi connectivity index (χ1) is 13.1. The second-order valence-electron chi connectivity index (χ2n) is 5.49. The second kappa shape index (κ2) is 9.38. The Balaban J connectivity index is 1.57. The molecule has 6 nitrogen and oxygen atoms in total. The summed E-state index contributed by atoms with van der Waals surface area (Å²) < 4.78 is 6.49. The lowest BCUT2D eigenvalue weighted by Crippen LogP contribution is -2.16. The molecule has 0 fully saturated rings. The van der Waals surface area contributed by atoms with Crippen LogP contribution in [0.3, 0.4) is 0 Å². The molecule has 0 unspecified atom stereocenters. The minimum absolute atomic E-state index is 0.123. The lowest BCUT2D eigenvalue weighted by Gasteiger charge is -2.07. The number of carbonyl (C=O) groups is 1. The number of ether oxygens (including phenoxy) is 1. The van der Waals surface area contributed by atoms with Gasteiger partial charge in [0.15, 0.2) is 5.16 Å². The minimum Gasteiger partial charge on any atom is -0.487 e. The molecule has 0 atom stereocenters. The summed E-state index contributed by atoms with van der Waals surface area (Å²) in [6.45, 7) is 0.172. The molecule has 0 saturated heterocycles. The Morgan fingerprint density at radius 1 is 1.15 bits per heavy atom. The SMILES string of the molecule is O=C(CSc1nc(COc2ccccc2)cc(=O)[nH]1)Nc1cccc(Br)c1. The molecule has 3 rings (SSSR count). The average molecular weight is 446 g/mol. The fourth-order valence-corrected chi connectivity index (χ4v) is 3.29. The minimum atomic E-state index is -0.286. The highest BCUT2D eigenvalue weighted by atomic mass is 79.9. The largest absolute Gasteiger partial charge is 0.487 e. The zero-order valence-corrected chi connectivity index (χ0v) is 16.5. The summed E-state index contributed by atoms with van der Waals surface area (Å²) in [5.74, 6) is 0.632. The summed E-state index contributed by atoms with van der Waals surface area (Å²) in [5.41, 5.74) is 0.908. The Labute approximate surface area is 168 Å². The second-order valence-corrected chi connectivity index (χ2v) is 7.37. The van der Waals surface area contributed by atoms with Crippen LogP contribution in [0, 0.1) is 0 Å². The molecule has 1 aromatic heterocycles. The van der Waals surface area contributed by atoms with E-state index in [0.29, 0.717) is 22.3 Å². The van der Waals surface area contributed by atoms with Gasteiger partial charge in [0.1, 0.15) is 12.4 Å². The molecule has 2 N–H and O–H groups in total. The number of benzene rings is 2. The van der Waals surface area contributed by atoms with E-state index in [1.165, 1.54) is 6.07 Å². The Morgan fingerprint density at radius 3 is 2.74 bits per heavy atom. The van der Waals surface area contributed by atoms with Crippen LogP contribution in [0.1, 0.15) is 5.69 Å². The van der Waals surface area contributed by atoms with Gasteiger partial charge >= 0.3 is 0 Å². The average Bonchev–Trinajstić information content (AvgIpc) is 2.65. The molecule has 27 heavy (non-hydrogen) atoms. The summed E-state index contributed by atoms with van der Waals surface area (Å²) in [7, 11) is 0. The molecule has 2 aromatic carbocycles. The zero-order valence-electron chi connectivity index (χ0n) is 14.1. The number of rotatable bonds is 7. The number of anilines is 1. The number of nitrogens with zero attached hydrogens (tertiary/aromatic N) is 1. The molecule has 0 aliphatic rings. The number of amides is 1. The number of aromatic nitrogens is 2. The number of para-hydroxylation sites is 1. The zero-order chi connectivity index (χ0) is 19.1. The molecule has 0 saturated carbocycles. The van der Waals surface area contributed by atoms with Crippen LogP contribution in [0.25, 0.3) is 0 Å². The lowest BCUT2D eigenvalue weighted by atomic mass is 10.3. The summed E-state index contributed by atoms with van der Waals surface area (Å²) in [6.07, 6.45) is 0. The fraction of sp³-hybridized carbons (Fsp3) is 0.105. The molecular formula is C19H16BrN3O3S. The van der Waals surface area contributed by atoms with Crippen molar-refractivity contribution in [2.75, 3.05) is 11.1 Å². The van der Waals surface area contributed by atoms with Crippen LogP contribution in [0.4, 0.5) is 5.69 Å². The maximum atomic E-state index is 12.1. The predicted molar refractivity (Wildman–Crippen MR) is 109 cm³/mol. The topological polar surface area (TPSA) is 84.1 Å². The standard InChI is InChI=1S/C19H16BrN3O3S/c20-13-5-4-6-14(9-13)21-18(25)12-27-19-22-15(10-17(24)23-19)11-26-16-7-2-1-3-8-16/h1-10H,11-12H2,(H,21,25)(H,22,23,24). The van der Waals surface area contributed by atoms with Gasteiger partial charge in [-0.25, -0.2) is 4.98 Å². The highest BCUT2D eigenvalue weighted by Gasteiger charge is 2.08. The molecule has 0 aliphatic carbocycles. The third-order valence-corrected chi connectivity index (χ3v) is 4.72. The van der Waals surface area contributed by atoms with E-state index < -0.39 is 0 Å². The quantitative estimate of drug-likeness (QED) is 0.426. The molecule has 0 aliphatic heterocycles. The maximum Gasteiger partial charge on any atom is 0.251 e. The van der Waals surface area contributed by atoms with E-state index in [1.54, 1.807) is 6.07 Å². The highest BCUT2D eigenvalue weighted by Crippen LogP contribution is 2.17. The molecule has 0 spiro atoms. The number of halogens is 1. The molecular weight excluding hydrogens is 430 g/mol. The molecule has 0 radical (unpaired) electrons. The van der Waals surface area contributed by atoms with Crippen LogP contribution >= 0.6 is 27.7 Å². The van der Waals surface area contributed by atoms with E-state index in [1.807, 2.05) is 48.5 Å². The molecule has 1 heterocycles. The third kappa shape index (κ3) is 6.26. The van der Waals surface area contributed by atoms with Crippen molar-refractivity contribution in [3.05, 3.63) is 81.2 Å². The van der Waals surface area contributed by atoms with Crippen molar-refractivity contribution >= 4 is 39.3 Å². The summed E-state index contributed by atoms with van der Waals surface area (Å²) in [4.78, 5) is 30.9. The predicted octanol–water partition coefficient (Wildman–Crippen LogP) is 3.84. The van der Waals surface area contributed by atoms with Gasteiger partial charge in [0, 0.05) is 16.2 Å². The first-order valence-electron chi connectivity index (χ1n) is 8.05. The molecule has 8 heteroatoms. The molecule has 1 amide bonds. The van der Waals surface area contributed by atoms with Crippen LogP contribution in [0.2, 0.25) is 0 Å². The van der Waals surface area contributed by atoms with Gasteiger partial charge in [-0.05, 0) is 30.3 Å². The van der Waals surface area contributed by atoms with Crippen LogP contribution in [-0.2, 0) is 11.4 Å². The van der Waals surface area contributed by atoms with Crippen molar-refractivity contribution in [2.45, 2.75) is 11.8 Å². The van der Waals surface area contributed by atoms with E-state index in [9.17, 15) is 9.59 Å². The van der Waals surface area contributed by atoms with Crippen molar-refractivity contribution in [2.24, 2.45) is 0 Å². The van der Waals surface area contributed by atoms with E-state index >= 15 is 0 Å². The van der Waals surface area contributed by atoms with Crippen molar-refractivity contribution in [1.29, 1.82) is 0 Å². The van der Waals surface area contributed by atoms with Gasteiger partial charge in [0.2, 0.25) is 5.91 Å². The summed E-state index contributed by atoms with van der Waals surface area (Å²) >= 11 is 4.51. The maximum absolute atomic E-state index is 12.1. The first-order valence-corrected chi connectivity index (χ1v) is 9.83. The fourth-order valence-electron chi connectivity index (χ4n) is 2.20. The smallest absolute Gasteiger partial charge is 0.251 e. The van der Waals surface area contributed by atoms with Gasteiger partial charge in [0.25, 0.3) is 5.56 Å². The van der Waals surface area contributed by atoms with Gasteiger partial charge in [-0.1, -0.05) is 52.0 Å². The Kier molecular flexibility index (Phi) is 6.67. The summed E-state index contributed by atoms with van der Waals surface area (Å²) in [5, 5.41) is 3.17. The normalized spacial score (nSPS) is 10.4. The van der Waals surface area contributed by atoms with Crippen molar-refractivity contribution in [3.63, 3.8) is 0 Å². The number of hydrogen-bond acceptors (Lipinski definition) is 5. The van der Waals surface area contributed by atoms with Gasteiger partial charge in [-0.3, -0.25) is 9.59 Å². The molecule has 3 aromatic rings. The van der Waals surface area contributed by atoms with Gasteiger partial charge in [0.05, 0.1) is 11.4 Å². The van der Waals surface area contributed by atoms with Crippen molar-refractivity contribution < 1.29 is 9.53 Å². The van der Waals surface area contributed by atoms with Crippen molar-refractivity contribution in [1.82, 2.24) is 9.97 Å². The number of aromatic amines is 1. The van der Waals surface area contributed by atoms with Crippen LogP contribution in [0.15, 0.2) is 75.1 Å². The van der Waals surface area contributed by atoms with E-state index in [-0.39, 0.29) is 23.8 Å². The third-order valence-electron chi connectivity index (χ3n) is 3.35. The van der Waals surface area contributed by atoms with Gasteiger partial charge in [-0.15, -0.1) is 0 Å². The van der Waals surface area contributed by atoms with Crippen molar-refractivity contribution in [3.8, 4) is 5.75 Å². The Bertz CT molecular complexity index is 979. The number of H-pyrrole nitrogens is 1. The Morgan fingerprint density at radius 2 is 1.96 bits per heavy atom. The first kappa shape index (κ1) is 19.2. The van der Waals surface area contributed by atoms with E-state index in [2.05, 4.69) is 31.2 Å². The van der Waals surface area contributed by atoms with Crippen LogP contribution < -0.4 is 15.6 Å². The monoisotopic (exact) mass is 445 g/mol. The lowest BCUT2D eigenvalue weighted by molar-refractivity contribution is -0.113. The van der Waals surface area contributed by atoms with Crippen LogP contribution in [0.5, 0.6) is 5.75 Å².